The number of hydrogen-bond acceptors (Lipinski definition) is 2. The molecule has 0 spiro atoms. The molecule has 0 unspecified atom stereocenters. The quantitative estimate of drug-likeness (QED) is 0.796. The van der Waals surface area contributed by atoms with E-state index in [1.807, 2.05) is 12.3 Å². The molecule has 0 saturated heterocycles. The van der Waals surface area contributed by atoms with Gasteiger partial charge in [-0.3, -0.25) is 4.98 Å². The minimum atomic E-state index is -1.41. The van der Waals surface area contributed by atoms with Gasteiger partial charge in [0.15, 0.2) is 0 Å². The van der Waals surface area contributed by atoms with Crippen LogP contribution in [-0.2, 0) is 0 Å². The van der Waals surface area contributed by atoms with Crippen molar-refractivity contribution in [3.63, 3.8) is 0 Å². The first-order chi connectivity index (χ1) is 8.93. The van der Waals surface area contributed by atoms with Crippen molar-refractivity contribution < 1.29 is 4.74 Å². The zero-order valence-corrected chi connectivity index (χ0v) is 13.3. The van der Waals surface area contributed by atoms with Crippen molar-refractivity contribution in [1.29, 1.82) is 0 Å². The van der Waals surface area contributed by atoms with Crippen LogP contribution in [0.25, 0.3) is 11.3 Å². The molecule has 0 aliphatic carbocycles. The van der Waals surface area contributed by atoms with E-state index in [2.05, 4.69) is 55.8 Å². The molecule has 2 nitrogen and oxygen atoms in total. The molecule has 0 atom stereocenters. The Morgan fingerprint density at radius 3 is 2.42 bits per heavy atom. The zero-order valence-electron chi connectivity index (χ0n) is 12.3. The van der Waals surface area contributed by atoms with Crippen molar-refractivity contribution in [2.45, 2.75) is 26.6 Å². The molecule has 1 aromatic carbocycles. The summed E-state index contributed by atoms with van der Waals surface area (Å²) in [6, 6.07) is 10.5. The fourth-order valence-corrected chi connectivity index (χ4v) is 3.85. The maximum Gasteiger partial charge on any atom is 0.119 e. The highest BCUT2D eigenvalue weighted by atomic mass is 28.3. The van der Waals surface area contributed by atoms with Gasteiger partial charge in [-0.15, -0.1) is 0 Å². The van der Waals surface area contributed by atoms with E-state index in [1.165, 1.54) is 16.3 Å². The van der Waals surface area contributed by atoms with Crippen molar-refractivity contribution in [2.24, 2.45) is 0 Å². The van der Waals surface area contributed by atoms with Crippen LogP contribution >= 0.6 is 0 Å². The molecule has 2 rings (SSSR count). The third kappa shape index (κ3) is 2.87. The normalized spacial score (nSPS) is 11.4. The Morgan fingerprint density at radius 1 is 1.11 bits per heavy atom. The minimum absolute atomic E-state index is 0.891. The summed E-state index contributed by atoms with van der Waals surface area (Å²) in [4.78, 5) is 4.56. The predicted molar refractivity (Wildman–Crippen MR) is 83.9 cm³/mol. The number of nitrogens with zero attached hydrogens (tertiary/aromatic N) is 1. The van der Waals surface area contributed by atoms with Crippen LogP contribution in [0.15, 0.2) is 36.5 Å². The Morgan fingerprint density at radius 2 is 1.84 bits per heavy atom. The number of methoxy groups -OCH3 is 1. The number of hydrogen-bond donors (Lipinski definition) is 0. The van der Waals surface area contributed by atoms with Crippen LogP contribution in [0, 0.1) is 6.92 Å². The summed E-state index contributed by atoms with van der Waals surface area (Å²) in [7, 11) is 0.292. The van der Waals surface area contributed by atoms with Gasteiger partial charge in [0.1, 0.15) is 5.75 Å². The molecule has 0 N–H and O–H groups in total. The zero-order chi connectivity index (χ0) is 14.0. The molecule has 0 aliphatic rings. The van der Waals surface area contributed by atoms with Crippen LogP contribution in [0.3, 0.4) is 0 Å². The van der Waals surface area contributed by atoms with E-state index in [4.69, 9.17) is 4.74 Å². The second-order valence-corrected chi connectivity index (χ2v) is 10.9. The molecule has 0 amide bonds. The molecular formula is C16H21NOSi. The van der Waals surface area contributed by atoms with Crippen LogP contribution in [-0.4, -0.2) is 20.2 Å². The maximum absolute atomic E-state index is 5.37. The number of aryl methyl sites for hydroxylation is 1. The van der Waals surface area contributed by atoms with Gasteiger partial charge in [0.25, 0.3) is 0 Å². The van der Waals surface area contributed by atoms with Crippen molar-refractivity contribution in [3.8, 4) is 17.0 Å². The second-order valence-electron chi connectivity index (χ2n) is 5.83. The standard InChI is InChI=1S/C16H21NOSi/c1-12-7-6-10-17-16(12)14-11-13(18-2)8-9-15(14)19(3,4)5/h6-11H,1-5H3. The summed E-state index contributed by atoms with van der Waals surface area (Å²) < 4.78 is 5.37. The summed E-state index contributed by atoms with van der Waals surface area (Å²) in [5, 5.41) is 1.43. The molecule has 2 aromatic rings. The largest absolute Gasteiger partial charge is 0.497 e. The third-order valence-corrected chi connectivity index (χ3v) is 5.35. The van der Waals surface area contributed by atoms with Crippen molar-refractivity contribution >= 4 is 13.3 Å². The predicted octanol–water partition coefficient (Wildman–Crippen LogP) is 3.61. The number of pyridine rings is 1. The maximum atomic E-state index is 5.37. The Labute approximate surface area is 116 Å². The SMILES string of the molecule is COc1ccc([Si](C)(C)C)c(-c2ncccc2C)c1. The van der Waals surface area contributed by atoms with Gasteiger partial charge in [0.2, 0.25) is 0 Å². The van der Waals surface area contributed by atoms with Gasteiger partial charge in [0, 0.05) is 11.8 Å². The van der Waals surface area contributed by atoms with Gasteiger partial charge in [0.05, 0.1) is 20.9 Å². The van der Waals surface area contributed by atoms with Gasteiger partial charge in [-0.2, -0.15) is 0 Å². The first-order valence-corrected chi connectivity index (χ1v) is 10.0. The van der Waals surface area contributed by atoms with Gasteiger partial charge in [-0.1, -0.05) is 37.0 Å². The highest BCUT2D eigenvalue weighted by Crippen LogP contribution is 2.25. The van der Waals surface area contributed by atoms with E-state index >= 15 is 0 Å². The van der Waals surface area contributed by atoms with E-state index in [-0.39, 0.29) is 0 Å². The number of benzene rings is 1. The smallest absolute Gasteiger partial charge is 0.119 e. The average molecular weight is 271 g/mol. The van der Waals surface area contributed by atoms with Crippen molar-refractivity contribution in [3.05, 3.63) is 42.1 Å². The van der Waals surface area contributed by atoms with Crippen molar-refractivity contribution in [1.82, 2.24) is 4.98 Å². The van der Waals surface area contributed by atoms with Crippen molar-refractivity contribution in [2.75, 3.05) is 7.11 Å². The summed E-state index contributed by atoms with van der Waals surface area (Å²) in [5.41, 5.74) is 3.49. The summed E-state index contributed by atoms with van der Waals surface area (Å²) in [6.45, 7) is 9.18. The highest BCUT2D eigenvalue weighted by Gasteiger charge is 2.22. The Hall–Kier alpha value is -1.61. The molecule has 0 saturated carbocycles. The fraction of sp³-hybridized carbons (Fsp3) is 0.312. The Balaban J connectivity index is 2.69. The molecule has 19 heavy (non-hydrogen) atoms. The number of aromatic nitrogens is 1. The van der Waals surface area contributed by atoms with E-state index in [9.17, 15) is 0 Å². The molecule has 0 aliphatic heterocycles. The van der Waals surface area contributed by atoms with Gasteiger partial charge >= 0.3 is 0 Å². The van der Waals surface area contributed by atoms with Crippen LogP contribution in [0.4, 0.5) is 0 Å². The minimum Gasteiger partial charge on any atom is -0.497 e. The van der Waals surface area contributed by atoms with Gasteiger partial charge in [-0.05, 0) is 30.7 Å². The van der Waals surface area contributed by atoms with E-state index in [0.29, 0.717) is 0 Å². The first kappa shape index (κ1) is 13.8. The van der Waals surface area contributed by atoms with E-state index in [0.717, 1.165) is 11.4 Å². The molecular weight excluding hydrogens is 250 g/mol. The van der Waals surface area contributed by atoms with Gasteiger partial charge in [-0.25, -0.2) is 0 Å². The average Bonchev–Trinajstić information content (AvgIpc) is 2.37. The van der Waals surface area contributed by atoms with Gasteiger partial charge < -0.3 is 4.74 Å². The van der Waals surface area contributed by atoms with E-state index in [1.54, 1.807) is 7.11 Å². The lowest BCUT2D eigenvalue weighted by Gasteiger charge is -2.22. The summed E-state index contributed by atoms with van der Waals surface area (Å²) in [5.74, 6) is 0.891. The number of ether oxygens (including phenoxy) is 1. The summed E-state index contributed by atoms with van der Waals surface area (Å²) in [6.07, 6.45) is 1.86. The molecule has 100 valence electrons. The highest BCUT2D eigenvalue weighted by molar-refractivity contribution is 6.89. The van der Waals surface area contributed by atoms with Crippen LogP contribution < -0.4 is 9.92 Å². The molecule has 3 heteroatoms. The van der Waals surface area contributed by atoms with Crippen LogP contribution in [0.2, 0.25) is 19.6 Å². The topological polar surface area (TPSA) is 22.1 Å². The lowest BCUT2D eigenvalue weighted by molar-refractivity contribution is 0.415. The first-order valence-electron chi connectivity index (χ1n) is 6.54. The Kier molecular flexibility index (Phi) is 3.76. The molecule has 1 heterocycles. The monoisotopic (exact) mass is 271 g/mol. The molecule has 1 aromatic heterocycles. The lowest BCUT2D eigenvalue weighted by Crippen LogP contribution is -2.39. The summed E-state index contributed by atoms with van der Waals surface area (Å²) >= 11 is 0. The van der Waals surface area contributed by atoms with Crippen LogP contribution in [0.1, 0.15) is 5.56 Å². The fourth-order valence-electron chi connectivity index (χ4n) is 2.27. The molecule has 0 fully saturated rings. The second kappa shape index (κ2) is 5.17. The molecule has 0 radical (unpaired) electrons. The van der Waals surface area contributed by atoms with E-state index < -0.39 is 8.07 Å². The third-order valence-electron chi connectivity index (χ3n) is 3.30. The Bertz CT molecular complexity index is 588. The lowest BCUT2D eigenvalue weighted by atomic mass is 10.1. The van der Waals surface area contributed by atoms with Crippen LogP contribution in [0.5, 0.6) is 5.75 Å². The molecule has 0 bridgehead atoms. The number of rotatable bonds is 3.